The van der Waals surface area contributed by atoms with E-state index >= 15 is 0 Å². The van der Waals surface area contributed by atoms with Crippen molar-refractivity contribution < 1.29 is 19.3 Å². The molecule has 7 nitrogen and oxygen atoms in total. The molecule has 0 aromatic heterocycles. The summed E-state index contributed by atoms with van der Waals surface area (Å²) in [5, 5.41) is 16.8. The summed E-state index contributed by atoms with van der Waals surface area (Å²) in [7, 11) is 3.18. The monoisotopic (exact) mass is 415 g/mol. The molecule has 3 N–H and O–H groups in total. The number of benzene rings is 2. The minimum absolute atomic E-state index is 0.129. The highest BCUT2D eigenvalue weighted by Crippen LogP contribution is 2.30. The van der Waals surface area contributed by atoms with E-state index in [9.17, 15) is 5.11 Å². The second-order valence-corrected chi connectivity index (χ2v) is 6.61. The Labute approximate surface area is 179 Å². The standard InChI is InChI=1S/C23H33N3O4/c1-5-24-23(26-16-18-10-7-11-20(29-4)22(18)27)25-14-8-9-17-12-13-19(28-3)21(15-17)30-6-2/h7,10-13,15,27H,5-6,8-9,14,16H2,1-4H3,(H2,24,25,26). The number of aryl methyl sites for hydroxylation is 1. The largest absolute Gasteiger partial charge is 0.504 e. The van der Waals surface area contributed by atoms with Crippen LogP contribution in [-0.2, 0) is 13.0 Å². The van der Waals surface area contributed by atoms with Crippen molar-refractivity contribution in [3.8, 4) is 23.0 Å². The molecular formula is C23H33N3O4. The van der Waals surface area contributed by atoms with E-state index in [1.165, 1.54) is 12.7 Å². The van der Waals surface area contributed by atoms with Gasteiger partial charge < -0.3 is 30.0 Å². The highest BCUT2D eigenvalue weighted by molar-refractivity contribution is 5.79. The maximum absolute atomic E-state index is 10.2. The summed E-state index contributed by atoms with van der Waals surface area (Å²) >= 11 is 0. The summed E-state index contributed by atoms with van der Waals surface area (Å²) in [6.07, 6.45) is 1.85. The van der Waals surface area contributed by atoms with Crippen LogP contribution >= 0.6 is 0 Å². The number of aromatic hydroxyl groups is 1. The molecule has 0 bridgehead atoms. The van der Waals surface area contributed by atoms with Crippen LogP contribution in [-0.4, -0.2) is 45.0 Å². The summed E-state index contributed by atoms with van der Waals surface area (Å²) in [4.78, 5) is 4.57. The smallest absolute Gasteiger partial charge is 0.191 e. The molecule has 0 radical (unpaired) electrons. The number of phenolic OH excluding ortho intramolecular Hbond substituents is 1. The maximum atomic E-state index is 10.2. The van der Waals surface area contributed by atoms with Crippen LogP contribution in [0.3, 0.4) is 0 Å². The van der Waals surface area contributed by atoms with Crippen molar-refractivity contribution >= 4 is 5.96 Å². The second kappa shape index (κ2) is 12.5. The van der Waals surface area contributed by atoms with Crippen LogP contribution in [0.25, 0.3) is 0 Å². The SMILES string of the molecule is CCNC(=NCc1cccc(OC)c1O)NCCCc1ccc(OC)c(OCC)c1. The van der Waals surface area contributed by atoms with Gasteiger partial charge in [-0.25, -0.2) is 4.99 Å². The van der Waals surface area contributed by atoms with E-state index in [0.29, 0.717) is 30.4 Å². The predicted octanol–water partition coefficient (Wildman–Crippen LogP) is 3.50. The van der Waals surface area contributed by atoms with Crippen molar-refractivity contribution in [1.82, 2.24) is 10.6 Å². The number of guanidine groups is 1. The summed E-state index contributed by atoms with van der Waals surface area (Å²) in [6, 6.07) is 11.4. The zero-order valence-corrected chi connectivity index (χ0v) is 18.3. The number of ether oxygens (including phenoxy) is 3. The Morgan fingerprint density at radius 3 is 2.50 bits per heavy atom. The molecule has 0 fully saturated rings. The van der Waals surface area contributed by atoms with E-state index in [1.54, 1.807) is 13.2 Å². The minimum Gasteiger partial charge on any atom is -0.504 e. The van der Waals surface area contributed by atoms with Crippen LogP contribution < -0.4 is 24.8 Å². The third-order valence-corrected chi connectivity index (χ3v) is 4.52. The third-order valence-electron chi connectivity index (χ3n) is 4.52. The molecule has 2 rings (SSSR count). The van der Waals surface area contributed by atoms with Gasteiger partial charge in [0.2, 0.25) is 0 Å². The molecular weight excluding hydrogens is 382 g/mol. The van der Waals surface area contributed by atoms with Crippen molar-refractivity contribution in [3.63, 3.8) is 0 Å². The van der Waals surface area contributed by atoms with E-state index in [2.05, 4.69) is 21.7 Å². The maximum Gasteiger partial charge on any atom is 0.191 e. The molecule has 0 aliphatic carbocycles. The van der Waals surface area contributed by atoms with Gasteiger partial charge in [0.15, 0.2) is 29.0 Å². The fourth-order valence-corrected chi connectivity index (χ4v) is 3.01. The number of hydrogen-bond donors (Lipinski definition) is 3. The molecule has 0 spiro atoms. The second-order valence-electron chi connectivity index (χ2n) is 6.61. The lowest BCUT2D eigenvalue weighted by Crippen LogP contribution is -2.37. The van der Waals surface area contributed by atoms with Crippen LogP contribution in [0.1, 0.15) is 31.4 Å². The average Bonchev–Trinajstić information content (AvgIpc) is 2.76. The topological polar surface area (TPSA) is 84.3 Å². The molecule has 0 unspecified atom stereocenters. The van der Waals surface area contributed by atoms with Crippen LogP contribution in [0.15, 0.2) is 41.4 Å². The van der Waals surface area contributed by atoms with Gasteiger partial charge in [-0.15, -0.1) is 0 Å². The summed E-state index contributed by atoms with van der Waals surface area (Å²) in [6.45, 7) is 6.47. The Kier molecular flexibility index (Phi) is 9.64. The number of hydrogen-bond acceptors (Lipinski definition) is 5. The molecule has 0 aliphatic heterocycles. The van der Waals surface area contributed by atoms with Crippen LogP contribution in [0.4, 0.5) is 0 Å². The van der Waals surface area contributed by atoms with Gasteiger partial charge in [0, 0.05) is 18.7 Å². The number of methoxy groups -OCH3 is 2. The van der Waals surface area contributed by atoms with Crippen LogP contribution in [0.2, 0.25) is 0 Å². The molecule has 0 saturated heterocycles. The van der Waals surface area contributed by atoms with Gasteiger partial charge in [0.05, 0.1) is 27.4 Å². The van der Waals surface area contributed by atoms with Gasteiger partial charge in [-0.3, -0.25) is 0 Å². The van der Waals surface area contributed by atoms with Crippen molar-refractivity contribution in [2.45, 2.75) is 33.2 Å². The van der Waals surface area contributed by atoms with E-state index in [1.807, 2.05) is 38.1 Å². The number of nitrogens with zero attached hydrogens (tertiary/aromatic N) is 1. The minimum atomic E-state index is 0.129. The number of nitrogens with one attached hydrogen (secondary N) is 2. The first-order chi connectivity index (χ1) is 14.6. The highest BCUT2D eigenvalue weighted by atomic mass is 16.5. The lowest BCUT2D eigenvalue weighted by Gasteiger charge is -2.13. The zero-order valence-electron chi connectivity index (χ0n) is 18.3. The van der Waals surface area contributed by atoms with Crippen molar-refractivity contribution in [3.05, 3.63) is 47.5 Å². The summed E-state index contributed by atoms with van der Waals surface area (Å²) in [5.74, 6) is 2.82. The molecule has 0 atom stereocenters. The number of rotatable bonds is 11. The molecule has 0 heterocycles. The van der Waals surface area contributed by atoms with Gasteiger partial charge in [-0.1, -0.05) is 18.2 Å². The van der Waals surface area contributed by atoms with E-state index < -0.39 is 0 Å². The molecule has 7 heteroatoms. The zero-order chi connectivity index (χ0) is 21.8. The molecule has 0 aliphatic rings. The van der Waals surface area contributed by atoms with Gasteiger partial charge in [-0.05, 0) is 50.5 Å². The Balaban J connectivity index is 1.91. The van der Waals surface area contributed by atoms with Gasteiger partial charge >= 0.3 is 0 Å². The predicted molar refractivity (Wildman–Crippen MR) is 120 cm³/mol. The molecule has 2 aromatic rings. The first kappa shape index (κ1) is 23.2. The number of aliphatic imine (C=N–C) groups is 1. The molecule has 30 heavy (non-hydrogen) atoms. The normalized spacial score (nSPS) is 11.1. The van der Waals surface area contributed by atoms with Crippen LogP contribution in [0, 0.1) is 0 Å². The Morgan fingerprint density at radius 1 is 1.00 bits per heavy atom. The first-order valence-corrected chi connectivity index (χ1v) is 10.3. The third kappa shape index (κ3) is 6.76. The van der Waals surface area contributed by atoms with Crippen molar-refractivity contribution in [2.75, 3.05) is 33.9 Å². The summed E-state index contributed by atoms with van der Waals surface area (Å²) < 4.78 is 16.1. The molecule has 0 amide bonds. The fraction of sp³-hybridized carbons (Fsp3) is 0.435. The molecule has 0 saturated carbocycles. The summed E-state index contributed by atoms with van der Waals surface area (Å²) in [5.41, 5.74) is 1.91. The fourth-order valence-electron chi connectivity index (χ4n) is 3.01. The quantitative estimate of drug-likeness (QED) is 0.296. The molecule has 2 aromatic carbocycles. The Morgan fingerprint density at radius 2 is 1.80 bits per heavy atom. The van der Waals surface area contributed by atoms with Crippen molar-refractivity contribution in [2.24, 2.45) is 4.99 Å². The Hall–Kier alpha value is -3.09. The first-order valence-electron chi connectivity index (χ1n) is 10.3. The van der Waals surface area contributed by atoms with Gasteiger partial charge in [-0.2, -0.15) is 0 Å². The van der Waals surface area contributed by atoms with E-state index in [-0.39, 0.29) is 5.75 Å². The lowest BCUT2D eigenvalue weighted by atomic mass is 10.1. The molecule has 164 valence electrons. The van der Waals surface area contributed by atoms with E-state index in [4.69, 9.17) is 14.2 Å². The lowest BCUT2D eigenvalue weighted by molar-refractivity contribution is 0.310. The number of phenols is 1. The Bertz CT molecular complexity index is 824. The van der Waals surface area contributed by atoms with Gasteiger partial charge in [0.25, 0.3) is 0 Å². The van der Waals surface area contributed by atoms with Gasteiger partial charge in [0.1, 0.15) is 0 Å². The average molecular weight is 416 g/mol. The van der Waals surface area contributed by atoms with Crippen molar-refractivity contribution in [1.29, 1.82) is 0 Å². The van der Waals surface area contributed by atoms with E-state index in [0.717, 1.165) is 37.4 Å². The number of para-hydroxylation sites is 1. The highest BCUT2D eigenvalue weighted by Gasteiger charge is 2.08. The van der Waals surface area contributed by atoms with Crippen LogP contribution in [0.5, 0.6) is 23.0 Å².